The lowest BCUT2D eigenvalue weighted by Crippen LogP contribution is -2.23. The molecule has 0 aliphatic rings. The second kappa shape index (κ2) is 6.40. The van der Waals surface area contributed by atoms with Crippen molar-refractivity contribution in [1.82, 2.24) is 0 Å². The molecule has 0 amide bonds. The number of halogens is 1. The summed E-state index contributed by atoms with van der Waals surface area (Å²) < 4.78 is 10.4. The Morgan fingerprint density at radius 2 is 1.10 bits per heavy atom. The number of methoxy groups -OCH3 is 2. The Morgan fingerprint density at radius 3 is 1.33 bits per heavy atom. The summed E-state index contributed by atoms with van der Waals surface area (Å²) >= 11 is 6.65. The number of hydrogen-bond acceptors (Lipinski definition) is 2. The van der Waals surface area contributed by atoms with Crippen LogP contribution in [0.5, 0.6) is 11.5 Å². The van der Waals surface area contributed by atoms with Crippen molar-refractivity contribution in [2.24, 2.45) is 0 Å². The summed E-state index contributed by atoms with van der Waals surface area (Å²) in [5, 5.41) is 0. The van der Waals surface area contributed by atoms with Crippen LogP contribution < -0.4 is 9.47 Å². The Bertz CT molecular complexity index is 520. The van der Waals surface area contributed by atoms with Gasteiger partial charge in [-0.25, -0.2) is 0 Å². The molecule has 3 heteroatoms. The van der Waals surface area contributed by atoms with Gasteiger partial charge in [0.05, 0.1) is 14.2 Å². The van der Waals surface area contributed by atoms with E-state index in [4.69, 9.17) is 21.1 Å². The van der Waals surface area contributed by atoms with Gasteiger partial charge in [0.1, 0.15) is 11.5 Å². The first kappa shape index (κ1) is 15.7. The highest BCUT2D eigenvalue weighted by Gasteiger charge is 2.30. The molecular weight excluding hydrogens is 284 g/mol. The van der Waals surface area contributed by atoms with Gasteiger partial charge in [0.25, 0.3) is 0 Å². The Labute approximate surface area is 131 Å². The van der Waals surface area contributed by atoms with Crippen molar-refractivity contribution in [2.75, 3.05) is 14.2 Å². The summed E-state index contributed by atoms with van der Waals surface area (Å²) in [6.45, 7) is 4.07. The number of alkyl halides is 1. The molecule has 0 bridgehead atoms. The van der Waals surface area contributed by atoms with Crippen LogP contribution in [0.25, 0.3) is 0 Å². The van der Waals surface area contributed by atoms with Crippen LogP contribution in [0.4, 0.5) is 0 Å². The zero-order chi connectivity index (χ0) is 15.5. The molecule has 2 aromatic carbocycles. The smallest absolute Gasteiger partial charge is 0.118 e. The van der Waals surface area contributed by atoms with Crippen molar-refractivity contribution < 1.29 is 9.47 Å². The summed E-state index contributed by atoms with van der Waals surface area (Å²) in [6.07, 6.45) is 0. The molecule has 0 N–H and O–H groups in total. The monoisotopic (exact) mass is 304 g/mol. The minimum atomic E-state index is -0.400. The molecule has 0 spiro atoms. The number of rotatable bonds is 5. The summed E-state index contributed by atoms with van der Waals surface area (Å²) in [5.41, 5.74) is 2.34. The van der Waals surface area contributed by atoms with Crippen LogP contribution in [0.3, 0.4) is 0 Å². The zero-order valence-electron chi connectivity index (χ0n) is 12.9. The van der Waals surface area contributed by atoms with Gasteiger partial charge in [-0.3, -0.25) is 0 Å². The van der Waals surface area contributed by atoms with Crippen molar-refractivity contribution in [3.63, 3.8) is 0 Å². The van der Waals surface area contributed by atoms with Gasteiger partial charge in [-0.1, -0.05) is 24.3 Å². The van der Waals surface area contributed by atoms with E-state index in [9.17, 15) is 0 Å². The molecule has 2 nitrogen and oxygen atoms in total. The molecule has 0 unspecified atom stereocenters. The molecule has 0 aromatic heterocycles. The largest absolute Gasteiger partial charge is 0.497 e. The van der Waals surface area contributed by atoms with Gasteiger partial charge in [0.15, 0.2) is 0 Å². The minimum Gasteiger partial charge on any atom is -0.497 e. The Balaban J connectivity index is 2.41. The third-order valence-electron chi connectivity index (χ3n) is 3.58. The fourth-order valence-corrected chi connectivity index (χ4v) is 2.83. The third kappa shape index (κ3) is 3.70. The van der Waals surface area contributed by atoms with E-state index < -0.39 is 4.87 Å². The van der Waals surface area contributed by atoms with Crippen LogP contribution in [0, 0.1) is 0 Å². The van der Waals surface area contributed by atoms with Gasteiger partial charge in [0, 0.05) is 10.8 Å². The molecule has 0 heterocycles. The average Bonchev–Trinajstić information content (AvgIpc) is 2.47. The van der Waals surface area contributed by atoms with Crippen molar-refractivity contribution in [1.29, 1.82) is 0 Å². The second-order valence-corrected chi connectivity index (χ2v) is 6.52. The molecule has 2 aromatic rings. The number of ether oxygens (including phenoxy) is 2. The maximum absolute atomic E-state index is 6.65. The van der Waals surface area contributed by atoms with E-state index in [0.29, 0.717) is 0 Å². The molecule has 0 atom stereocenters. The quantitative estimate of drug-likeness (QED) is 0.735. The molecule has 21 heavy (non-hydrogen) atoms. The second-order valence-electron chi connectivity index (χ2n) is 5.54. The molecule has 0 aliphatic heterocycles. The lowest BCUT2D eigenvalue weighted by Gasteiger charge is -2.29. The highest BCUT2D eigenvalue weighted by atomic mass is 35.5. The van der Waals surface area contributed by atoms with Crippen molar-refractivity contribution in [3.05, 3.63) is 59.7 Å². The lowest BCUT2D eigenvalue weighted by atomic mass is 9.82. The van der Waals surface area contributed by atoms with E-state index in [2.05, 4.69) is 24.3 Å². The first-order valence-electron chi connectivity index (χ1n) is 6.92. The van der Waals surface area contributed by atoms with Gasteiger partial charge in [0.2, 0.25) is 0 Å². The van der Waals surface area contributed by atoms with Crippen molar-refractivity contribution >= 4 is 11.6 Å². The number of hydrogen-bond donors (Lipinski definition) is 0. The molecule has 0 aliphatic carbocycles. The zero-order valence-corrected chi connectivity index (χ0v) is 13.6. The van der Waals surface area contributed by atoms with Crippen LogP contribution in [-0.4, -0.2) is 19.1 Å². The molecule has 0 saturated carbocycles. The standard InChI is InChI=1S/C18H21ClO2/c1-18(2,19)17(13-5-9-15(20-3)10-6-13)14-7-11-16(21-4)12-8-14/h5-12,17H,1-4H3. The van der Waals surface area contributed by atoms with Crippen LogP contribution in [0.2, 0.25) is 0 Å². The van der Waals surface area contributed by atoms with Crippen LogP contribution in [0.1, 0.15) is 30.9 Å². The van der Waals surface area contributed by atoms with E-state index >= 15 is 0 Å². The Hall–Kier alpha value is -1.67. The highest BCUT2D eigenvalue weighted by molar-refractivity contribution is 6.24. The molecule has 0 saturated heterocycles. The topological polar surface area (TPSA) is 18.5 Å². The van der Waals surface area contributed by atoms with E-state index in [-0.39, 0.29) is 5.92 Å². The molecule has 0 radical (unpaired) electrons. The van der Waals surface area contributed by atoms with Gasteiger partial charge in [-0.05, 0) is 49.2 Å². The predicted molar refractivity (Wildman–Crippen MR) is 87.8 cm³/mol. The summed E-state index contributed by atoms with van der Waals surface area (Å²) in [5.74, 6) is 1.79. The van der Waals surface area contributed by atoms with Gasteiger partial charge in [-0.2, -0.15) is 0 Å². The summed E-state index contributed by atoms with van der Waals surface area (Å²) in [6, 6.07) is 16.1. The number of benzene rings is 2. The van der Waals surface area contributed by atoms with Crippen LogP contribution in [0.15, 0.2) is 48.5 Å². The normalized spacial score (nSPS) is 11.5. The van der Waals surface area contributed by atoms with E-state index in [1.165, 1.54) is 11.1 Å². The summed E-state index contributed by atoms with van der Waals surface area (Å²) in [7, 11) is 3.34. The van der Waals surface area contributed by atoms with E-state index in [0.717, 1.165) is 11.5 Å². The molecule has 2 rings (SSSR count). The van der Waals surface area contributed by atoms with Crippen molar-refractivity contribution in [2.45, 2.75) is 24.6 Å². The molecule has 112 valence electrons. The van der Waals surface area contributed by atoms with Gasteiger partial charge >= 0.3 is 0 Å². The highest BCUT2D eigenvalue weighted by Crippen LogP contribution is 2.39. The molecule has 0 fully saturated rings. The first-order valence-corrected chi connectivity index (χ1v) is 7.30. The van der Waals surface area contributed by atoms with Crippen LogP contribution in [-0.2, 0) is 0 Å². The maximum atomic E-state index is 6.65. The third-order valence-corrected chi connectivity index (χ3v) is 3.80. The van der Waals surface area contributed by atoms with E-state index in [1.54, 1.807) is 14.2 Å². The fraction of sp³-hybridized carbons (Fsp3) is 0.333. The van der Waals surface area contributed by atoms with Gasteiger partial charge in [-0.15, -0.1) is 11.6 Å². The first-order chi connectivity index (χ1) is 9.95. The molecular formula is C18H21ClO2. The van der Waals surface area contributed by atoms with Crippen LogP contribution >= 0.6 is 11.6 Å². The van der Waals surface area contributed by atoms with Gasteiger partial charge < -0.3 is 9.47 Å². The SMILES string of the molecule is COc1ccc(C(c2ccc(OC)cc2)C(C)(C)Cl)cc1. The van der Waals surface area contributed by atoms with E-state index in [1.807, 2.05) is 38.1 Å². The Kier molecular flexibility index (Phi) is 4.79. The lowest BCUT2D eigenvalue weighted by molar-refractivity contribution is 0.414. The predicted octanol–water partition coefficient (Wildman–Crippen LogP) is 4.85. The Morgan fingerprint density at radius 1 is 0.762 bits per heavy atom. The summed E-state index contributed by atoms with van der Waals surface area (Å²) in [4.78, 5) is -0.400. The average molecular weight is 305 g/mol. The fourth-order valence-electron chi connectivity index (χ4n) is 2.58. The minimum absolute atomic E-state index is 0.0935. The van der Waals surface area contributed by atoms with Crippen molar-refractivity contribution in [3.8, 4) is 11.5 Å². The maximum Gasteiger partial charge on any atom is 0.118 e.